The predicted octanol–water partition coefficient (Wildman–Crippen LogP) is 8.44. The zero-order chi connectivity index (χ0) is 37.0. The third kappa shape index (κ3) is 17.3. The van der Waals surface area contributed by atoms with Gasteiger partial charge >= 0.3 is 20.4 Å². The number of benzene rings is 2. The first-order valence-corrected chi connectivity index (χ1v) is 21.6. The van der Waals surface area contributed by atoms with Crippen LogP contribution in [0.4, 0.5) is 26.3 Å². The Morgan fingerprint density at radius 3 is 1.61 bits per heavy atom. The van der Waals surface area contributed by atoms with E-state index in [-0.39, 0.29) is 22.4 Å². The van der Waals surface area contributed by atoms with Gasteiger partial charge in [-0.3, -0.25) is 5.10 Å². The molecule has 0 aliphatic carbocycles. The Balaban J connectivity index is 0.000000275. The Morgan fingerprint density at radius 2 is 1.20 bits per heavy atom. The molecule has 19 heteroatoms. The zero-order valence-electron chi connectivity index (χ0n) is 26.9. The van der Waals surface area contributed by atoms with E-state index in [9.17, 15) is 26.3 Å². The number of halogens is 8. The van der Waals surface area contributed by atoms with Gasteiger partial charge in [0.15, 0.2) is 5.15 Å². The molecule has 1 radical (unpaired) electrons. The summed E-state index contributed by atoms with van der Waals surface area (Å²) in [4.78, 5) is 0. The molecule has 0 saturated carbocycles. The second-order valence-electron chi connectivity index (χ2n) is 11.7. The minimum absolute atomic E-state index is 0.210. The summed E-state index contributed by atoms with van der Waals surface area (Å²) in [7, 11) is -2.41. The molecular weight excluding hydrogens is 732 g/mol. The molecule has 2 heterocycles. The number of rotatable bonds is 5. The fraction of sp³-hybridized carbons (Fsp3) is 0.267. The van der Waals surface area contributed by atoms with Crippen LogP contribution in [0.5, 0.6) is 17.2 Å². The summed E-state index contributed by atoms with van der Waals surface area (Å²) in [5.74, 6) is 5.60. The number of hydrogen-bond acceptors (Lipinski definition) is 6. The number of aromatic nitrogens is 4. The molecule has 0 unspecified atom stereocenters. The summed E-state index contributed by atoms with van der Waals surface area (Å²) in [6.45, 7) is 12.9. The summed E-state index contributed by atoms with van der Waals surface area (Å²) in [6, 6.07) is 9.96. The van der Waals surface area contributed by atoms with E-state index in [0.29, 0.717) is 24.1 Å². The monoisotopic (exact) mass is 761 g/mol. The standard InChI is InChI=1S/C15H14ClF3N2OSi.C8H11ClN2Si.C7H5BF3O3/c1-23(2,3)9-8-11-10-21(20-14(11)16)12-4-6-13(7-5-12)22-15(17,18)19;1-12(2,3)5-4-7-6-10-11-8(7)9;9-7(10,11)13-5-1-3-6(4-2-5)14-8-12/h4-7,10H,1-3H3;6H,1-3H3,(H,10,11);1-4,12H. The fourth-order valence-electron chi connectivity index (χ4n) is 3.02. The van der Waals surface area contributed by atoms with Crippen molar-refractivity contribution in [1.82, 2.24) is 20.0 Å². The van der Waals surface area contributed by atoms with Crippen molar-refractivity contribution in [2.45, 2.75) is 52.0 Å². The third-order valence-electron chi connectivity index (χ3n) is 4.99. The molecule has 0 fully saturated rings. The highest BCUT2D eigenvalue weighted by Gasteiger charge is 2.31. The predicted molar refractivity (Wildman–Crippen MR) is 181 cm³/mol. The first kappa shape index (κ1) is 41.2. The molecule has 0 bridgehead atoms. The van der Waals surface area contributed by atoms with Crippen LogP contribution >= 0.6 is 23.2 Å². The normalized spacial score (nSPS) is 11.2. The van der Waals surface area contributed by atoms with Crippen LogP contribution in [-0.4, -0.2) is 61.6 Å². The SMILES string of the molecule is C[Si](C)(C)C#Cc1cn(-c2ccc(OC(F)(F)F)cc2)nc1Cl.C[Si](C)(C)C#Cc1cn[nH]c1Cl.O[B]Oc1ccc(OC(F)(F)F)cc1. The van der Waals surface area contributed by atoms with Crippen LogP contribution in [0.15, 0.2) is 60.9 Å². The molecule has 8 nitrogen and oxygen atoms in total. The molecule has 4 rings (SSSR count). The fourth-order valence-corrected chi connectivity index (χ4v) is 4.36. The van der Waals surface area contributed by atoms with E-state index in [1.54, 1.807) is 12.4 Å². The Hall–Kier alpha value is -4.00. The molecule has 2 aromatic heterocycles. The third-order valence-corrected chi connectivity index (χ3v) is 7.30. The maximum absolute atomic E-state index is 12.1. The van der Waals surface area contributed by atoms with Crippen molar-refractivity contribution >= 4 is 47.0 Å². The van der Waals surface area contributed by atoms with Gasteiger partial charge in [0.05, 0.1) is 23.0 Å². The molecule has 261 valence electrons. The maximum Gasteiger partial charge on any atom is 0.573 e. The number of nitrogens with one attached hydrogen (secondary N) is 1. The first-order chi connectivity index (χ1) is 22.5. The minimum atomic E-state index is -4.71. The van der Waals surface area contributed by atoms with E-state index in [4.69, 9.17) is 28.2 Å². The van der Waals surface area contributed by atoms with E-state index < -0.39 is 28.9 Å². The Kier molecular flexibility index (Phi) is 14.8. The van der Waals surface area contributed by atoms with Crippen LogP contribution in [0.3, 0.4) is 0 Å². The van der Waals surface area contributed by atoms with Gasteiger partial charge in [0.2, 0.25) is 0 Å². The van der Waals surface area contributed by atoms with Gasteiger partial charge in [0.25, 0.3) is 0 Å². The van der Waals surface area contributed by atoms with Gasteiger partial charge in [-0.15, -0.1) is 37.4 Å². The van der Waals surface area contributed by atoms with Crippen molar-refractivity contribution in [1.29, 1.82) is 0 Å². The molecule has 0 amide bonds. The van der Waals surface area contributed by atoms with Crippen molar-refractivity contribution in [2.75, 3.05) is 0 Å². The zero-order valence-corrected chi connectivity index (χ0v) is 30.4. The number of hydrogen-bond donors (Lipinski definition) is 2. The van der Waals surface area contributed by atoms with Gasteiger partial charge in [-0.05, 0) is 48.5 Å². The molecule has 0 aliphatic rings. The van der Waals surface area contributed by atoms with E-state index in [1.807, 2.05) is 0 Å². The molecule has 49 heavy (non-hydrogen) atoms. The van der Waals surface area contributed by atoms with Crippen LogP contribution in [-0.2, 0) is 0 Å². The van der Waals surface area contributed by atoms with Crippen molar-refractivity contribution in [3.8, 4) is 45.9 Å². The molecule has 0 aliphatic heterocycles. The lowest BCUT2D eigenvalue weighted by atomic mass is 10.3. The summed E-state index contributed by atoms with van der Waals surface area (Å²) in [6.07, 6.45) is -6.12. The lowest BCUT2D eigenvalue weighted by Crippen LogP contribution is -2.17. The Morgan fingerprint density at radius 1 is 0.755 bits per heavy atom. The lowest BCUT2D eigenvalue weighted by molar-refractivity contribution is -0.275. The molecule has 2 N–H and O–H groups in total. The van der Waals surface area contributed by atoms with Gasteiger partial charge in [0.1, 0.15) is 38.5 Å². The average Bonchev–Trinajstić information content (AvgIpc) is 3.55. The number of alkyl halides is 6. The molecule has 4 aromatic rings. The van der Waals surface area contributed by atoms with Gasteiger partial charge < -0.3 is 19.2 Å². The molecule has 0 atom stereocenters. The highest BCUT2D eigenvalue weighted by Crippen LogP contribution is 2.25. The molecular formula is C30H30BCl2F6N4O4Si2. The minimum Gasteiger partial charge on any atom is -0.537 e. The summed E-state index contributed by atoms with van der Waals surface area (Å²) >= 11 is 11.8. The number of H-pyrrole nitrogens is 1. The maximum atomic E-state index is 12.1. The van der Waals surface area contributed by atoms with Crippen LogP contribution in [0.25, 0.3) is 5.69 Å². The van der Waals surface area contributed by atoms with E-state index in [1.165, 1.54) is 41.1 Å². The Bertz CT molecular complexity index is 1770. The second-order valence-corrected chi connectivity index (χ2v) is 21.9. The van der Waals surface area contributed by atoms with E-state index in [0.717, 1.165) is 17.7 Å². The summed E-state index contributed by atoms with van der Waals surface area (Å²) in [5, 5.41) is 19.5. The van der Waals surface area contributed by atoms with Crippen LogP contribution in [0.1, 0.15) is 11.1 Å². The number of aromatic amines is 1. The van der Waals surface area contributed by atoms with Crippen molar-refractivity contribution in [3.05, 3.63) is 82.4 Å². The quantitative estimate of drug-likeness (QED) is 0.121. The van der Waals surface area contributed by atoms with Gasteiger partial charge in [-0.2, -0.15) is 10.2 Å². The van der Waals surface area contributed by atoms with E-state index >= 15 is 0 Å². The molecule has 2 aromatic carbocycles. The van der Waals surface area contributed by atoms with Gasteiger partial charge in [0, 0.05) is 6.20 Å². The van der Waals surface area contributed by atoms with Crippen molar-refractivity contribution < 1.29 is 45.5 Å². The second kappa shape index (κ2) is 17.6. The number of nitrogens with zero attached hydrogens (tertiary/aromatic N) is 3. The smallest absolute Gasteiger partial charge is 0.537 e. The number of ether oxygens (including phenoxy) is 2. The highest BCUT2D eigenvalue weighted by atomic mass is 35.5. The van der Waals surface area contributed by atoms with Crippen molar-refractivity contribution in [2.24, 2.45) is 0 Å². The molecule has 0 saturated heterocycles. The van der Waals surface area contributed by atoms with Gasteiger partial charge in [-0.25, -0.2) is 4.68 Å². The van der Waals surface area contributed by atoms with Crippen LogP contribution < -0.4 is 14.1 Å². The summed E-state index contributed by atoms with van der Waals surface area (Å²) < 4.78 is 84.9. The van der Waals surface area contributed by atoms with Crippen molar-refractivity contribution in [3.63, 3.8) is 0 Å². The van der Waals surface area contributed by atoms with Crippen LogP contribution in [0, 0.1) is 22.9 Å². The average molecular weight is 762 g/mol. The summed E-state index contributed by atoms with van der Waals surface area (Å²) in [5.41, 5.74) is 8.33. The van der Waals surface area contributed by atoms with E-state index in [2.05, 4.69) is 91.6 Å². The van der Waals surface area contributed by atoms with Gasteiger partial charge in [-0.1, -0.05) is 74.3 Å². The Labute approximate surface area is 292 Å². The topological polar surface area (TPSA) is 94.4 Å². The first-order valence-electron chi connectivity index (χ1n) is 13.9. The lowest BCUT2D eigenvalue weighted by Gasteiger charge is -2.09. The largest absolute Gasteiger partial charge is 0.573 e. The van der Waals surface area contributed by atoms with Crippen LogP contribution in [0.2, 0.25) is 49.6 Å². The molecule has 0 spiro atoms. The highest BCUT2D eigenvalue weighted by molar-refractivity contribution is 6.84.